The molecule has 0 unspecified atom stereocenters. The van der Waals surface area contributed by atoms with Crippen LogP contribution in [0.1, 0.15) is 16.8 Å². The van der Waals surface area contributed by atoms with E-state index in [-0.39, 0.29) is 12.3 Å². The molecule has 0 spiro atoms. The second-order valence-electron chi connectivity index (χ2n) is 3.74. The second kappa shape index (κ2) is 8.02. The van der Waals surface area contributed by atoms with Crippen molar-refractivity contribution in [3.63, 3.8) is 0 Å². The first kappa shape index (κ1) is 14.9. The minimum absolute atomic E-state index is 0.228. The van der Waals surface area contributed by atoms with Crippen LogP contribution in [0.3, 0.4) is 0 Å². The Labute approximate surface area is 111 Å². The van der Waals surface area contributed by atoms with Crippen LogP contribution < -0.4 is 11.3 Å². The molecule has 102 valence electrons. The summed E-state index contributed by atoms with van der Waals surface area (Å²) in [5.74, 6) is 5.41. The van der Waals surface area contributed by atoms with Gasteiger partial charge in [0.25, 0.3) is 5.91 Å². The lowest BCUT2D eigenvalue weighted by atomic mass is 10.2. The summed E-state index contributed by atoms with van der Waals surface area (Å²) in [6.07, 6.45) is 1.81. The number of nitriles is 1. The Morgan fingerprint density at radius 1 is 1.63 bits per heavy atom. The Morgan fingerprint density at radius 3 is 3.05 bits per heavy atom. The summed E-state index contributed by atoms with van der Waals surface area (Å²) in [6, 6.07) is 5.31. The lowest BCUT2D eigenvalue weighted by Gasteiger charge is -2.22. The number of aromatic nitrogens is 1. The van der Waals surface area contributed by atoms with Gasteiger partial charge in [0.1, 0.15) is 0 Å². The molecule has 0 bridgehead atoms. The van der Waals surface area contributed by atoms with Gasteiger partial charge in [-0.15, -0.1) is 0 Å². The average molecular weight is 263 g/mol. The number of rotatable bonds is 7. The van der Waals surface area contributed by atoms with E-state index in [1.54, 1.807) is 30.3 Å². The molecule has 7 heteroatoms. The van der Waals surface area contributed by atoms with Crippen molar-refractivity contribution in [1.29, 1.82) is 5.26 Å². The van der Waals surface area contributed by atoms with E-state index in [9.17, 15) is 4.79 Å². The van der Waals surface area contributed by atoms with Crippen molar-refractivity contribution < 1.29 is 9.53 Å². The number of hydrogen-bond donors (Lipinski definition) is 2. The van der Waals surface area contributed by atoms with Crippen LogP contribution in [-0.2, 0) is 4.74 Å². The van der Waals surface area contributed by atoms with E-state index < -0.39 is 0 Å². The van der Waals surface area contributed by atoms with E-state index in [1.807, 2.05) is 6.07 Å². The standard InChI is InChI=1S/C12H17N5O2/c1-19-9-8-17(7-3-5-13)12(18)10-4-2-6-15-11(10)16-14/h2,4,6H,3,7-9,14H2,1H3,(H,15,16). The molecule has 1 aromatic rings. The molecule has 0 radical (unpaired) electrons. The van der Waals surface area contributed by atoms with Crippen molar-refractivity contribution in [2.75, 3.05) is 32.2 Å². The van der Waals surface area contributed by atoms with Gasteiger partial charge in [-0.05, 0) is 12.1 Å². The second-order valence-corrected chi connectivity index (χ2v) is 3.74. The number of nitrogens with two attached hydrogens (primary N) is 1. The molecule has 1 heterocycles. The largest absolute Gasteiger partial charge is 0.383 e. The Morgan fingerprint density at radius 2 is 2.42 bits per heavy atom. The fourth-order valence-electron chi connectivity index (χ4n) is 1.56. The van der Waals surface area contributed by atoms with Crippen LogP contribution in [0.2, 0.25) is 0 Å². The van der Waals surface area contributed by atoms with Gasteiger partial charge in [-0.3, -0.25) is 4.79 Å². The number of nitrogen functional groups attached to an aromatic ring is 1. The van der Waals surface area contributed by atoms with Crippen LogP contribution in [0.4, 0.5) is 5.82 Å². The highest BCUT2D eigenvalue weighted by Crippen LogP contribution is 2.13. The number of anilines is 1. The van der Waals surface area contributed by atoms with Crippen LogP contribution >= 0.6 is 0 Å². The smallest absolute Gasteiger partial charge is 0.257 e. The SMILES string of the molecule is COCCN(CCC#N)C(=O)c1cccnc1NN. The molecule has 0 fully saturated rings. The zero-order valence-corrected chi connectivity index (χ0v) is 10.8. The lowest BCUT2D eigenvalue weighted by Crippen LogP contribution is -2.35. The molecular weight excluding hydrogens is 246 g/mol. The fraction of sp³-hybridized carbons (Fsp3) is 0.417. The zero-order valence-electron chi connectivity index (χ0n) is 10.8. The summed E-state index contributed by atoms with van der Waals surface area (Å²) < 4.78 is 4.96. The molecule has 0 aliphatic heterocycles. The molecular formula is C12H17N5O2. The Hall–Kier alpha value is -2.17. The van der Waals surface area contributed by atoms with Gasteiger partial charge in [0.15, 0.2) is 5.82 Å². The fourth-order valence-corrected chi connectivity index (χ4v) is 1.56. The van der Waals surface area contributed by atoms with Crippen LogP contribution in [-0.4, -0.2) is 42.6 Å². The average Bonchev–Trinajstić information content (AvgIpc) is 2.46. The minimum atomic E-state index is -0.228. The molecule has 1 rings (SSSR count). The molecule has 7 nitrogen and oxygen atoms in total. The van der Waals surface area contributed by atoms with E-state index in [1.165, 1.54) is 0 Å². The number of hydrazine groups is 1. The van der Waals surface area contributed by atoms with Gasteiger partial charge < -0.3 is 15.1 Å². The number of nitrogens with one attached hydrogen (secondary N) is 1. The van der Waals surface area contributed by atoms with Gasteiger partial charge in [0.05, 0.1) is 24.7 Å². The maximum atomic E-state index is 12.4. The van der Waals surface area contributed by atoms with Crippen molar-refractivity contribution in [3.8, 4) is 6.07 Å². The molecule has 0 atom stereocenters. The maximum Gasteiger partial charge on any atom is 0.257 e. The molecule has 0 saturated carbocycles. The molecule has 19 heavy (non-hydrogen) atoms. The first-order chi connectivity index (χ1) is 9.24. The third kappa shape index (κ3) is 4.21. The number of amides is 1. The Kier molecular flexibility index (Phi) is 6.29. The summed E-state index contributed by atoms with van der Waals surface area (Å²) in [6.45, 7) is 1.16. The first-order valence-corrected chi connectivity index (χ1v) is 5.81. The molecule has 1 amide bonds. The number of carbonyl (C=O) groups is 1. The minimum Gasteiger partial charge on any atom is -0.383 e. The quantitative estimate of drug-likeness (QED) is 0.544. The van der Waals surface area contributed by atoms with Crippen molar-refractivity contribution in [3.05, 3.63) is 23.9 Å². The van der Waals surface area contributed by atoms with Crippen LogP contribution in [0.5, 0.6) is 0 Å². The van der Waals surface area contributed by atoms with E-state index in [0.717, 1.165) is 0 Å². The van der Waals surface area contributed by atoms with Gasteiger partial charge in [-0.2, -0.15) is 5.26 Å². The predicted octanol–water partition coefficient (Wildman–Crippen LogP) is 0.369. The number of nitrogens with zero attached hydrogens (tertiary/aromatic N) is 3. The normalized spacial score (nSPS) is 9.74. The van der Waals surface area contributed by atoms with E-state index in [4.69, 9.17) is 15.8 Å². The summed E-state index contributed by atoms with van der Waals surface area (Å²) in [4.78, 5) is 17.9. The Bertz CT molecular complexity index is 458. The maximum absolute atomic E-state index is 12.4. The van der Waals surface area contributed by atoms with E-state index in [2.05, 4.69) is 10.4 Å². The van der Waals surface area contributed by atoms with E-state index >= 15 is 0 Å². The summed E-state index contributed by atoms with van der Waals surface area (Å²) in [5.41, 5.74) is 2.76. The van der Waals surface area contributed by atoms with Gasteiger partial charge in [0.2, 0.25) is 0 Å². The highest BCUT2D eigenvalue weighted by molar-refractivity contribution is 5.98. The Balaban J connectivity index is 2.88. The third-order valence-corrected chi connectivity index (χ3v) is 2.52. The van der Waals surface area contributed by atoms with Crippen LogP contribution in [0, 0.1) is 11.3 Å². The van der Waals surface area contributed by atoms with Gasteiger partial charge in [-0.1, -0.05) is 0 Å². The monoisotopic (exact) mass is 263 g/mol. The first-order valence-electron chi connectivity index (χ1n) is 5.81. The van der Waals surface area contributed by atoms with Crippen LogP contribution in [0.15, 0.2) is 18.3 Å². The molecule has 3 N–H and O–H groups in total. The number of hydrogen-bond acceptors (Lipinski definition) is 6. The number of carbonyl (C=O) groups excluding carboxylic acids is 1. The van der Waals surface area contributed by atoms with Crippen molar-refractivity contribution in [2.45, 2.75) is 6.42 Å². The van der Waals surface area contributed by atoms with Gasteiger partial charge in [-0.25, -0.2) is 10.8 Å². The van der Waals surface area contributed by atoms with Crippen molar-refractivity contribution >= 4 is 11.7 Å². The molecule has 0 aromatic carbocycles. The van der Waals surface area contributed by atoms with Gasteiger partial charge in [0, 0.05) is 26.4 Å². The summed E-state index contributed by atoms with van der Waals surface area (Å²) >= 11 is 0. The predicted molar refractivity (Wildman–Crippen MR) is 70.1 cm³/mol. The topological polar surface area (TPSA) is 104 Å². The molecule has 1 aromatic heterocycles. The summed E-state index contributed by atoms with van der Waals surface area (Å²) in [5, 5.41) is 8.63. The molecule has 0 aliphatic rings. The molecule has 0 aliphatic carbocycles. The number of pyridine rings is 1. The number of methoxy groups -OCH3 is 1. The van der Waals surface area contributed by atoms with Gasteiger partial charge >= 0.3 is 0 Å². The highest BCUT2D eigenvalue weighted by atomic mass is 16.5. The highest BCUT2D eigenvalue weighted by Gasteiger charge is 2.18. The van der Waals surface area contributed by atoms with Crippen molar-refractivity contribution in [1.82, 2.24) is 9.88 Å². The van der Waals surface area contributed by atoms with E-state index in [0.29, 0.717) is 31.1 Å². The lowest BCUT2D eigenvalue weighted by molar-refractivity contribution is 0.0700. The third-order valence-electron chi connectivity index (χ3n) is 2.52. The number of ether oxygens (including phenoxy) is 1. The summed E-state index contributed by atoms with van der Waals surface area (Å²) in [7, 11) is 1.56. The van der Waals surface area contributed by atoms with Crippen LogP contribution in [0.25, 0.3) is 0 Å². The molecule has 0 saturated heterocycles. The van der Waals surface area contributed by atoms with Crippen molar-refractivity contribution in [2.24, 2.45) is 5.84 Å². The zero-order chi connectivity index (χ0) is 14.1.